The molecule has 8 heteroatoms. The molecule has 0 aliphatic heterocycles. The van der Waals surface area contributed by atoms with Crippen molar-refractivity contribution in [1.82, 2.24) is 5.32 Å². The van der Waals surface area contributed by atoms with E-state index >= 15 is 0 Å². The number of halogens is 2. The highest BCUT2D eigenvalue weighted by Crippen LogP contribution is 2.17. The van der Waals surface area contributed by atoms with Crippen LogP contribution in [-0.4, -0.2) is 24.1 Å². The highest BCUT2D eigenvalue weighted by atomic mass is 79.9. The molecule has 2 amide bonds. The van der Waals surface area contributed by atoms with E-state index in [-0.39, 0.29) is 29.8 Å². The number of carbonyl (C=O) groups excluding carboxylic acids is 2. The van der Waals surface area contributed by atoms with Gasteiger partial charge >= 0.3 is 0 Å². The SMILES string of the molecule is O=C(Cc1ccc(NC(=O)c2ccc(Br)o2)cc1)NCCSCc1ccccc1F. The van der Waals surface area contributed by atoms with Crippen molar-refractivity contribution < 1.29 is 18.4 Å². The second-order valence-corrected chi connectivity index (χ2v) is 8.31. The monoisotopic (exact) mass is 490 g/mol. The van der Waals surface area contributed by atoms with E-state index in [0.29, 0.717) is 34.0 Å². The number of hydrogen-bond donors (Lipinski definition) is 2. The Balaban J connectivity index is 1.37. The van der Waals surface area contributed by atoms with E-state index in [1.165, 1.54) is 6.07 Å². The van der Waals surface area contributed by atoms with Crippen LogP contribution < -0.4 is 10.6 Å². The average molecular weight is 491 g/mol. The number of anilines is 1. The van der Waals surface area contributed by atoms with Crippen LogP contribution in [0.5, 0.6) is 0 Å². The van der Waals surface area contributed by atoms with E-state index in [0.717, 1.165) is 5.56 Å². The van der Waals surface area contributed by atoms with Gasteiger partial charge in [-0.05, 0) is 57.4 Å². The minimum absolute atomic E-state index is 0.0845. The lowest BCUT2D eigenvalue weighted by Crippen LogP contribution is -2.27. The number of carbonyl (C=O) groups is 2. The Bertz CT molecular complexity index is 1010. The van der Waals surface area contributed by atoms with Gasteiger partial charge in [-0.2, -0.15) is 11.8 Å². The molecule has 5 nitrogen and oxygen atoms in total. The summed E-state index contributed by atoms with van der Waals surface area (Å²) >= 11 is 4.73. The second-order valence-electron chi connectivity index (χ2n) is 6.43. The van der Waals surface area contributed by atoms with Crippen LogP contribution in [0.1, 0.15) is 21.7 Å². The van der Waals surface area contributed by atoms with Gasteiger partial charge in [0.2, 0.25) is 5.91 Å². The van der Waals surface area contributed by atoms with E-state index in [2.05, 4.69) is 26.6 Å². The first kappa shape index (κ1) is 22.1. The summed E-state index contributed by atoms with van der Waals surface area (Å²) in [5.41, 5.74) is 2.12. The van der Waals surface area contributed by atoms with Crippen LogP contribution >= 0.6 is 27.7 Å². The van der Waals surface area contributed by atoms with Gasteiger partial charge in [-0.15, -0.1) is 0 Å². The summed E-state index contributed by atoms with van der Waals surface area (Å²) in [6.45, 7) is 0.519. The summed E-state index contributed by atoms with van der Waals surface area (Å²) in [5, 5.41) is 5.60. The van der Waals surface area contributed by atoms with Crippen molar-refractivity contribution in [3.63, 3.8) is 0 Å². The summed E-state index contributed by atoms with van der Waals surface area (Å²) in [7, 11) is 0. The van der Waals surface area contributed by atoms with Gasteiger partial charge in [-0.25, -0.2) is 4.39 Å². The Labute approximate surface area is 186 Å². The van der Waals surface area contributed by atoms with Crippen molar-refractivity contribution >= 4 is 45.2 Å². The first-order valence-corrected chi connectivity index (χ1v) is 11.2. The van der Waals surface area contributed by atoms with Gasteiger partial charge in [0.15, 0.2) is 10.4 Å². The number of nitrogens with one attached hydrogen (secondary N) is 2. The summed E-state index contributed by atoms with van der Waals surface area (Å²) < 4.78 is 19.2. The van der Waals surface area contributed by atoms with Gasteiger partial charge in [0.05, 0.1) is 6.42 Å². The summed E-state index contributed by atoms with van der Waals surface area (Å²) in [5.74, 6) is 0.847. The normalized spacial score (nSPS) is 10.6. The van der Waals surface area contributed by atoms with E-state index in [4.69, 9.17) is 4.42 Å². The van der Waals surface area contributed by atoms with Gasteiger partial charge in [0, 0.05) is 23.7 Å². The Morgan fingerprint density at radius 1 is 1.03 bits per heavy atom. The molecule has 0 fully saturated rings. The lowest BCUT2D eigenvalue weighted by molar-refractivity contribution is -0.120. The standard InChI is InChI=1S/C22H20BrFN2O3S/c23-20-10-9-19(29-20)22(28)26-17-7-5-15(6-8-17)13-21(27)25-11-12-30-14-16-3-1-2-4-18(16)24/h1-10H,11-14H2,(H,25,27)(H,26,28). The highest BCUT2D eigenvalue weighted by Gasteiger charge is 2.11. The third-order valence-electron chi connectivity index (χ3n) is 4.16. The van der Waals surface area contributed by atoms with Crippen LogP contribution in [-0.2, 0) is 17.0 Å². The van der Waals surface area contributed by atoms with Gasteiger partial charge in [-0.3, -0.25) is 9.59 Å². The predicted molar refractivity (Wildman–Crippen MR) is 120 cm³/mol. The van der Waals surface area contributed by atoms with Crippen molar-refractivity contribution in [3.05, 3.63) is 88.0 Å². The molecule has 0 saturated carbocycles. The van der Waals surface area contributed by atoms with Crippen LogP contribution in [0, 0.1) is 5.82 Å². The molecule has 0 unspecified atom stereocenters. The molecule has 0 saturated heterocycles. The number of thioether (sulfide) groups is 1. The number of rotatable bonds is 9. The van der Waals surface area contributed by atoms with E-state index in [1.54, 1.807) is 60.3 Å². The molecule has 3 rings (SSSR count). The molecular weight excluding hydrogens is 471 g/mol. The van der Waals surface area contributed by atoms with Crippen molar-refractivity contribution in [1.29, 1.82) is 0 Å². The third kappa shape index (κ3) is 6.74. The summed E-state index contributed by atoms with van der Waals surface area (Å²) in [6.07, 6.45) is 0.247. The smallest absolute Gasteiger partial charge is 0.291 e. The number of amides is 2. The van der Waals surface area contributed by atoms with Crippen molar-refractivity contribution in [2.24, 2.45) is 0 Å². The molecule has 0 atom stereocenters. The molecule has 0 aliphatic carbocycles. The largest absolute Gasteiger partial charge is 0.444 e. The Hall–Kier alpha value is -2.58. The van der Waals surface area contributed by atoms with Crippen LogP contribution in [0.2, 0.25) is 0 Å². The zero-order chi connectivity index (χ0) is 21.3. The molecule has 0 spiro atoms. The molecule has 2 aromatic carbocycles. The van der Waals surface area contributed by atoms with Crippen LogP contribution in [0.15, 0.2) is 69.8 Å². The maximum absolute atomic E-state index is 13.5. The van der Waals surface area contributed by atoms with Crippen molar-refractivity contribution in [3.8, 4) is 0 Å². The minimum atomic E-state index is -0.348. The molecule has 0 bridgehead atoms. The predicted octanol–water partition coefficient (Wildman–Crippen LogP) is 5.03. The van der Waals surface area contributed by atoms with E-state index in [9.17, 15) is 14.0 Å². The molecule has 1 aromatic heterocycles. The average Bonchev–Trinajstić information content (AvgIpc) is 3.17. The lowest BCUT2D eigenvalue weighted by Gasteiger charge is -2.07. The topological polar surface area (TPSA) is 71.3 Å². The quantitative estimate of drug-likeness (QED) is 0.412. The molecule has 156 valence electrons. The minimum Gasteiger partial charge on any atom is -0.444 e. The van der Waals surface area contributed by atoms with Crippen LogP contribution in [0.3, 0.4) is 0 Å². The van der Waals surface area contributed by atoms with Gasteiger partial charge < -0.3 is 15.1 Å². The van der Waals surface area contributed by atoms with Crippen molar-refractivity contribution in [2.75, 3.05) is 17.6 Å². The number of benzene rings is 2. The molecule has 30 heavy (non-hydrogen) atoms. The van der Waals surface area contributed by atoms with Crippen molar-refractivity contribution in [2.45, 2.75) is 12.2 Å². The zero-order valence-electron chi connectivity index (χ0n) is 16.0. The maximum Gasteiger partial charge on any atom is 0.291 e. The fourth-order valence-electron chi connectivity index (χ4n) is 2.64. The Kier molecular flexibility index (Phi) is 8.10. The molecule has 0 radical (unpaired) electrons. The Morgan fingerprint density at radius 2 is 1.80 bits per heavy atom. The van der Waals surface area contributed by atoms with Crippen LogP contribution in [0.25, 0.3) is 0 Å². The first-order chi connectivity index (χ1) is 14.5. The zero-order valence-corrected chi connectivity index (χ0v) is 18.4. The molecule has 2 N–H and O–H groups in total. The van der Waals surface area contributed by atoms with E-state index < -0.39 is 0 Å². The molecule has 0 aliphatic rings. The summed E-state index contributed by atoms with van der Waals surface area (Å²) in [4.78, 5) is 24.1. The fourth-order valence-corrected chi connectivity index (χ4v) is 3.79. The summed E-state index contributed by atoms with van der Waals surface area (Å²) in [6, 6.07) is 17.0. The highest BCUT2D eigenvalue weighted by molar-refractivity contribution is 9.10. The maximum atomic E-state index is 13.5. The molecule has 1 heterocycles. The van der Waals surface area contributed by atoms with E-state index in [1.807, 2.05) is 6.07 Å². The van der Waals surface area contributed by atoms with Crippen LogP contribution in [0.4, 0.5) is 10.1 Å². The van der Waals surface area contributed by atoms with Gasteiger partial charge in [0.25, 0.3) is 5.91 Å². The third-order valence-corrected chi connectivity index (χ3v) is 5.59. The second kappa shape index (κ2) is 11.0. The van der Waals surface area contributed by atoms with Gasteiger partial charge in [-0.1, -0.05) is 30.3 Å². The number of hydrogen-bond acceptors (Lipinski definition) is 4. The fraction of sp³-hybridized carbons (Fsp3) is 0.182. The molecular formula is C22H20BrFN2O3S. The van der Waals surface area contributed by atoms with Gasteiger partial charge in [0.1, 0.15) is 5.82 Å². The number of furan rings is 1. The Morgan fingerprint density at radius 3 is 2.50 bits per heavy atom. The lowest BCUT2D eigenvalue weighted by atomic mass is 10.1. The molecule has 3 aromatic rings. The first-order valence-electron chi connectivity index (χ1n) is 9.25.